The molecular formula is C17H27N. The predicted molar refractivity (Wildman–Crippen MR) is 78.8 cm³/mol. The van der Waals surface area contributed by atoms with Gasteiger partial charge in [0.05, 0.1) is 0 Å². The number of rotatable bonds is 3. The quantitative estimate of drug-likeness (QED) is 0.846. The van der Waals surface area contributed by atoms with Gasteiger partial charge < -0.3 is 5.73 Å². The highest BCUT2D eigenvalue weighted by Gasteiger charge is 2.33. The van der Waals surface area contributed by atoms with Crippen LogP contribution in [0.1, 0.15) is 63.5 Å². The maximum absolute atomic E-state index is 6.33. The number of aryl methyl sites for hydroxylation is 1. The van der Waals surface area contributed by atoms with Crippen molar-refractivity contribution in [1.29, 1.82) is 0 Å². The Labute approximate surface area is 112 Å². The highest BCUT2D eigenvalue weighted by atomic mass is 14.7. The third kappa shape index (κ3) is 3.14. The van der Waals surface area contributed by atoms with Gasteiger partial charge in [-0.15, -0.1) is 0 Å². The van der Waals surface area contributed by atoms with E-state index in [9.17, 15) is 0 Å². The SMILES string of the molecule is CCCc1ccc(C2CC(C)(C)CCC2N)cc1. The van der Waals surface area contributed by atoms with Crippen LogP contribution >= 0.6 is 0 Å². The van der Waals surface area contributed by atoms with Gasteiger partial charge in [0.2, 0.25) is 0 Å². The number of hydrogen-bond acceptors (Lipinski definition) is 1. The fourth-order valence-corrected chi connectivity index (χ4v) is 3.19. The zero-order valence-electron chi connectivity index (χ0n) is 12.1. The van der Waals surface area contributed by atoms with Gasteiger partial charge in [-0.2, -0.15) is 0 Å². The molecule has 18 heavy (non-hydrogen) atoms. The Bertz CT molecular complexity index is 377. The Morgan fingerprint density at radius 2 is 1.89 bits per heavy atom. The second-order valence-corrected chi connectivity index (χ2v) is 6.67. The fraction of sp³-hybridized carbons (Fsp3) is 0.647. The summed E-state index contributed by atoms with van der Waals surface area (Å²) in [6.45, 7) is 6.97. The van der Waals surface area contributed by atoms with Crippen LogP contribution in [0, 0.1) is 5.41 Å². The van der Waals surface area contributed by atoms with Crippen molar-refractivity contribution in [3.05, 3.63) is 35.4 Å². The van der Waals surface area contributed by atoms with Crippen molar-refractivity contribution in [3.8, 4) is 0 Å². The summed E-state index contributed by atoms with van der Waals surface area (Å²) in [5.41, 5.74) is 9.66. The molecule has 0 radical (unpaired) electrons. The second-order valence-electron chi connectivity index (χ2n) is 6.67. The topological polar surface area (TPSA) is 26.0 Å². The number of nitrogens with two attached hydrogens (primary N) is 1. The van der Waals surface area contributed by atoms with Gasteiger partial charge in [0.1, 0.15) is 0 Å². The largest absolute Gasteiger partial charge is 0.327 e. The molecule has 0 saturated heterocycles. The Kier molecular flexibility index (Phi) is 4.11. The van der Waals surface area contributed by atoms with E-state index in [0.29, 0.717) is 17.4 Å². The maximum atomic E-state index is 6.33. The van der Waals surface area contributed by atoms with Crippen LogP contribution in [-0.4, -0.2) is 6.04 Å². The summed E-state index contributed by atoms with van der Waals surface area (Å²) in [7, 11) is 0. The van der Waals surface area contributed by atoms with E-state index in [-0.39, 0.29) is 0 Å². The van der Waals surface area contributed by atoms with Crippen molar-refractivity contribution < 1.29 is 0 Å². The molecule has 0 aromatic heterocycles. The third-order valence-corrected chi connectivity index (χ3v) is 4.39. The summed E-state index contributed by atoms with van der Waals surface area (Å²) in [6, 6.07) is 9.52. The summed E-state index contributed by atoms with van der Waals surface area (Å²) in [5.74, 6) is 0.546. The smallest absolute Gasteiger partial charge is 0.0108 e. The van der Waals surface area contributed by atoms with Crippen molar-refractivity contribution in [2.24, 2.45) is 11.1 Å². The van der Waals surface area contributed by atoms with Crippen LogP contribution < -0.4 is 5.73 Å². The molecule has 100 valence electrons. The van der Waals surface area contributed by atoms with Crippen LogP contribution in [0.25, 0.3) is 0 Å². The van der Waals surface area contributed by atoms with Crippen molar-refractivity contribution in [2.45, 2.75) is 64.8 Å². The van der Waals surface area contributed by atoms with E-state index in [1.807, 2.05) is 0 Å². The molecule has 1 heteroatoms. The van der Waals surface area contributed by atoms with Crippen LogP contribution in [-0.2, 0) is 6.42 Å². The molecule has 1 aliphatic rings. The van der Waals surface area contributed by atoms with E-state index >= 15 is 0 Å². The Morgan fingerprint density at radius 3 is 2.50 bits per heavy atom. The zero-order valence-corrected chi connectivity index (χ0v) is 12.1. The van der Waals surface area contributed by atoms with Crippen LogP contribution in [0.4, 0.5) is 0 Å². The first-order chi connectivity index (χ1) is 8.52. The molecular weight excluding hydrogens is 218 g/mol. The molecule has 0 amide bonds. The lowest BCUT2D eigenvalue weighted by Gasteiger charge is -2.39. The minimum Gasteiger partial charge on any atom is -0.327 e. The van der Waals surface area contributed by atoms with Gasteiger partial charge in [-0.1, -0.05) is 51.5 Å². The van der Waals surface area contributed by atoms with Gasteiger partial charge in [0.15, 0.2) is 0 Å². The molecule has 1 saturated carbocycles. The molecule has 1 aromatic rings. The lowest BCUT2D eigenvalue weighted by molar-refractivity contribution is 0.198. The van der Waals surface area contributed by atoms with Crippen LogP contribution in [0.15, 0.2) is 24.3 Å². The summed E-state index contributed by atoms with van der Waals surface area (Å²) in [5, 5.41) is 0. The minimum atomic E-state index is 0.343. The normalized spacial score (nSPS) is 27.1. The molecule has 2 atom stereocenters. The van der Waals surface area contributed by atoms with Crippen molar-refractivity contribution >= 4 is 0 Å². The molecule has 2 N–H and O–H groups in total. The molecule has 0 aliphatic heterocycles. The summed E-state index contributed by atoms with van der Waals surface area (Å²) >= 11 is 0. The van der Waals surface area contributed by atoms with Gasteiger partial charge >= 0.3 is 0 Å². The first-order valence-electron chi connectivity index (χ1n) is 7.36. The Hall–Kier alpha value is -0.820. The summed E-state index contributed by atoms with van der Waals surface area (Å²) in [4.78, 5) is 0. The highest BCUT2D eigenvalue weighted by Crippen LogP contribution is 2.42. The third-order valence-electron chi connectivity index (χ3n) is 4.39. The molecule has 1 fully saturated rings. The van der Waals surface area contributed by atoms with Gasteiger partial charge in [-0.05, 0) is 48.1 Å². The van der Waals surface area contributed by atoms with Gasteiger partial charge in [-0.25, -0.2) is 0 Å². The molecule has 0 heterocycles. The van der Waals surface area contributed by atoms with Gasteiger partial charge in [-0.3, -0.25) is 0 Å². The fourth-order valence-electron chi connectivity index (χ4n) is 3.19. The van der Waals surface area contributed by atoms with E-state index in [1.165, 1.54) is 36.8 Å². The zero-order chi connectivity index (χ0) is 13.2. The average molecular weight is 245 g/mol. The first kappa shape index (κ1) is 13.6. The predicted octanol–water partition coefficient (Wildman–Crippen LogP) is 4.26. The lowest BCUT2D eigenvalue weighted by atomic mass is 9.68. The maximum Gasteiger partial charge on any atom is 0.0108 e. The van der Waals surface area contributed by atoms with E-state index < -0.39 is 0 Å². The molecule has 1 aliphatic carbocycles. The van der Waals surface area contributed by atoms with E-state index in [4.69, 9.17) is 5.73 Å². The Morgan fingerprint density at radius 1 is 1.22 bits per heavy atom. The lowest BCUT2D eigenvalue weighted by Crippen LogP contribution is -2.37. The summed E-state index contributed by atoms with van der Waals surface area (Å²) in [6.07, 6.45) is 6.05. The van der Waals surface area contributed by atoms with Crippen LogP contribution in [0.3, 0.4) is 0 Å². The van der Waals surface area contributed by atoms with Gasteiger partial charge in [0.25, 0.3) is 0 Å². The molecule has 2 unspecified atom stereocenters. The second kappa shape index (κ2) is 5.44. The van der Waals surface area contributed by atoms with Gasteiger partial charge in [0, 0.05) is 6.04 Å². The number of benzene rings is 1. The van der Waals surface area contributed by atoms with Crippen LogP contribution in [0.5, 0.6) is 0 Å². The highest BCUT2D eigenvalue weighted by molar-refractivity contribution is 5.27. The van der Waals surface area contributed by atoms with E-state index in [2.05, 4.69) is 45.0 Å². The van der Waals surface area contributed by atoms with E-state index in [1.54, 1.807) is 0 Å². The molecule has 0 spiro atoms. The number of hydrogen-bond donors (Lipinski definition) is 1. The summed E-state index contributed by atoms with van der Waals surface area (Å²) < 4.78 is 0. The average Bonchev–Trinajstić information content (AvgIpc) is 2.34. The van der Waals surface area contributed by atoms with Crippen molar-refractivity contribution in [3.63, 3.8) is 0 Å². The first-order valence-corrected chi connectivity index (χ1v) is 7.36. The molecule has 1 aromatic carbocycles. The standard InChI is InChI=1S/C17H27N/c1-4-5-13-6-8-14(9-7-13)15-12-17(2,3)11-10-16(15)18/h6-9,15-16H,4-5,10-12,18H2,1-3H3. The van der Waals surface area contributed by atoms with Crippen molar-refractivity contribution in [1.82, 2.24) is 0 Å². The minimum absolute atomic E-state index is 0.343. The Balaban J connectivity index is 2.14. The van der Waals surface area contributed by atoms with Crippen molar-refractivity contribution in [2.75, 3.05) is 0 Å². The molecule has 0 bridgehead atoms. The molecule has 1 nitrogen and oxygen atoms in total. The monoisotopic (exact) mass is 245 g/mol. The van der Waals surface area contributed by atoms with E-state index in [0.717, 1.165) is 6.42 Å². The molecule has 2 rings (SSSR count). The van der Waals surface area contributed by atoms with Crippen LogP contribution in [0.2, 0.25) is 0 Å².